The lowest BCUT2D eigenvalue weighted by atomic mass is 9.81. The van der Waals surface area contributed by atoms with E-state index in [-0.39, 0.29) is 12.4 Å². The number of rotatable bonds is 2. The van der Waals surface area contributed by atoms with Gasteiger partial charge in [-0.15, -0.1) is 12.4 Å². The maximum Gasteiger partial charge on any atom is 0.134 e. The topological polar surface area (TPSA) is 64.2 Å². The second-order valence-electron chi connectivity index (χ2n) is 4.11. The quantitative estimate of drug-likeness (QED) is 0.814. The zero-order valence-electron chi connectivity index (χ0n) is 9.44. The summed E-state index contributed by atoms with van der Waals surface area (Å²) in [5.74, 6) is 0. The second kappa shape index (κ2) is 5.89. The normalized spacial score (nSPS) is 17.9. The van der Waals surface area contributed by atoms with Crippen molar-refractivity contribution >= 4 is 18.5 Å². The molecule has 2 rings (SSSR count). The molecule has 0 unspecified atom stereocenters. The van der Waals surface area contributed by atoms with Crippen LogP contribution in [-0.2, 0) is 5.54 Å². The number of hydrogen-bond acceptors (Lipinski definition) is 3. The molecule has 1 aromatic carbocycles. The molecule has 1 amide bonds. The minimum atomic E-state index is -1.20. The highest BCUT2D eigenvalue weighted by Crippen LogP contribution is 2.30. The Morgan fingerprint density at radius 2 is 1.82 bits per heavy atom. The van der Waals surface area contributed by atoms with E-state index in [1.807, 2.05) is 30.3 Å². The Balaban J connectivity index is 0.00000144. The number of piperidine rings is 1. The minimum absolute atomic E-state index is 0. The lowest BCUT2D eigenvalue weighted by Crippen LogP contribution is -2.55. The van der Waals surface area contributed by atoms with Gasteiger partial charge in [0.2, 0.25) is 0 Å². The Hall–Kier alpha value is -1.26. The summed E-state index contributed by atoms with van der Waals surface area (Å²) in [7, 11) is 0. The van der Waals surface area contributed by atoms with Crippen molar-refractivity contribution in [3.8, 4) is 0 Å². The van der Waals surface area contributed by atoms with Crippen LogP contribution in [0.15, 0.2) is 30.3 Å². The predicted molar refractivity (Wildman–Crippen MR) is 66.0 cm³/mol. The third kappa shape index (κ3) is 3.11. The van der Waals surface area contributed by atoms with Crippen molar-refractivity contribution in [1.82, 2.24) is 10.6 Å². The van der Waals surface area contributed by atoms with Crippen LogP contribution in [0.25, 0.3) is 0 Å². The van der Waals surface area contributed by atoms with Crippen molar-refractivity contribution in [2.75, 3.05) is 13.1 Å². The first-order valence-corrected chi connectivity index (χ1v) is 5.48. The Labute approximate surface area is 107 Å². The highest BCUT2D eigenvalue weighted by molar-refractivity contribution is 5.85. The molecule has 0 radical (unpaired) electrons. The zero-order valence-corrected chi connectivity index (χ0v) is 10.3. The largest absolute Gasteiger partial charge is 0.530 e. The van der Waals surface area contributed by atoms with E-state index in [9.17, 15) is 9.90 Å². The molecule has 0 bridgehead atoms. The SMILES string of the molecule is Cl.O=C([O-])NC1(c2ccccc2)CCNCC1. The van der Waals surface area contributed by atoms with Crippen molar-refractivity contribution in [3.05, 3.63) is 35.9 Å². The molecule has 17 heavy (non-hydrogen) atoms. The fraction of sp³-hybridized carbons (Fsp3) is 0.417. The van der Waals surface area contributed by atoms with E-state index >= 15 is 0 Å². The van der Waals surface area contributed by atoms with Crippen LogP contribution in [0.3, 0.4) is 0 Å². The first-order chi connectivity index (χ1) is 7.73. The molecule has 0 spiro atoms. The Morgan fingerprint density at radius 3 is 2.35 bits per heavy atom. The molecule has 94 valence electrons. The summed E-state index contributed by atoms with van der Waals surface area (Å²) in [6.07, 6.45) is 0.307. The smallest absolute Gasteiger partial charge is 0.134 e. The van der Waals surface area contributed by atoms with Crippen LogP contribution in [0.4, 0.5) is 4.79 Å². The lowest BCUT2D eigenvalue weighted by molar-refractivity contribution is -0.253. The molecule has 0 saturated carbocycles. The van der Waals surface area contributed by atoms with Gasteiger partial charge in [0.1, 0.15) is 6.09 Å². The third-order valence-corrected chi connectivity index (χ3v) is 3.12. The molecule has 1 aromatic rings. The van der Waals surface area contributed by atoms with Crippen LogP contribution in [0.1, 0.15) is 18.4 Å². The summed E-state index contributed by atoms with van der Waals surface area (Å²) in [5, 5.41) is 16.6. The second-order valence-corrected chi connectivity index (χ2v) is 4.11. The van der Waals surface area contributed by atoms with Gasteiger partial charge in [-0.3, -0.25) is 0 Å². The monoisotopic (exact) mass is 255 g/mol. The van der Waals surface area contributed by atoms with E-state index in [1.54, 1.807) is 0 Å². The molecular formula is C12H16ClN2O2-. The van der Waals surface area contributed by atoms with Gasteiger partial charge in [0, 0.05) is 0 Å². The number of benzene rings is 1. The number of halogens is 1. The standard InChI is InChI=1S/C12H16N2O2.ClH/c15-11(16)14-12(6-8-13-9-7-12)10-4-2-1-3-5-10;/h1-5,13-14H,6-9H2,(H,15,16);1H/p-1. The molecule has 0 atom stereocenters. The van der Waals surface area contributed by atoms with Crippen molar-refractivity contribution in [2.24, 2.45) is 0 Å². The van der Waals surface area contributed by atoms with Gasteiger partial charge < -0.3 is 20.5 Å². The predicted octanol–water partition coefficient (Wildman–Crippen LogP) is 0.620. The number of carbonyl (C=O) groups excluding carboxylic acids is 1. The van der Waals surface area contributed by atoms with Crippen molar-refractivity contribution < 1.29 is 9.90 Å². The van der Waals surface area contributed by atoms with Crippen LogP contribution < -0.4 is 15.7 Å². The van der Waals surface area contributed by atoms with E-state index in [0.717, 1.165) is 31.5 Å². The first kappa shape index (κ1) is 13.8. The number of carbonyl (C=O) groups is 1. The van der Waals surface area contributed by atoms with Crippen molar-refractivity contribution in [3.63, 3.8) is 0 Å². The van der Waals surface area contributed by atoms with Gasteiger partial charge in [0.25, 0.3) is 0 Å². The summed E-state index contributed by atoms with van der Waals surface area (Å²) >= 11 is 0. The van der Waals surface area contributed by atoms with Crippen LogP contribution in [0, 0.1) is 0 Å². The molecule has 1 aliphatic rings. The average molecular weight is 256 g/mol. The molecule has 4 nitrogen and oxygen atoms in total. The molecule has 1 saturated heterocycles. The van der Waals surface area contributed by atoms with Crippen molar-refractivity contribution in [1.29, 1.82) is 0 Å². The highest BCUT2D eigenvalue weighted by Gasteiger charge is 2.33. The van der Waals surface area contributed by atoms with Gasteiger partial charge in [-0.25, -0.2) is 0 Å². The molecule has 1 heterocycles. The van der Waals surface area contributed by atoms with Crippen LogP contribution >= 0.6 is 12.4 Å². The Kier molecular flexibility index (Phi) is 4.78. The van der Waals surface area contributed by atoms with Crippen LogP contribution in [-0.4, -0.2) is 19.2 Å². The van der Waals surface area contributed by atoms with Gasteiger partial charge in [-0.1, -0.05) is 30.3 Å². The molecule has 5 heteroatoms. The maximum atomic E-state index is 10.8. The number of nitrogens with one attached hydrogen (secondary N) is 2. The summed E-state index contributed by atoms with van der Waals surface area (Å²) in [5.41, 5.74) is 0.534. The summed E-state index contributed by atoms with van der Waals surface area (Å²) in [6.45, 7) is 1.63. The summed E-state index contributed by atoms with van der Waals surface area (Å²) in [4.78, 5) is 10.8. The fourth-order valence-corrected chi connectivity index (χ4v) is 2.29. The number of amides is 1. The Morgan fingerprint density at radius 1 is 1.24 bits per heavy atom. The first-order valence-electron chi connectivity index (χ1n) is 5.48. The van der Waals surface area contributed by atoms with E-state index in [4.69, 9.17) is 0 Å². The highest BCUT2D eigenvalue weighted by atomic mass is 35.5. The fourth-order valence-electron chi connectivity index (χ4n) is 2.29. The molecule has 2 N–H and O–H groups in total. The lowest BCUT2D eigenvalue weighted by Gasteiger charge is -2.40. The van der Waals surface area contributed by atoms with Gasteiger partial charge in [0.05, 0.1) is 5.54 Å². The van der Waals surface area contributed by atoms with Gasteiger partial charge >= 0.3 is 0 Å². The van der Waals surface area contributed by atoms with E-state index in [1.165, 1.54) is 0 Å². The van der Waals surface area contributed by atoms with E-state index < -0.39 is 11.6 Å². The van der Waals surface area contributed by atoms with Gasteiger partial charge in [0.15, 0.2) is 0 Å². The summed E-state index contributed by atoms with van der Waals surface area (Å²) in [6, 6.07) is 9.70. The van der Waals surface area contributed by atoms with E-state index in [2.05, 4.69) is 10.6 Å². The van der Waals surface area contributed by atoms with Gasteiger partial charge in [-0.05, 0) is 31.5 Å². The van der Waals surface area contributed by atoms with E-state index in [0.29, 0.717) is 0 Å². The molecule has 1 fully saturated rings. The summed E-state index contributed by atoms with van der Waals surface area (Å²) < 4.78 is 0. The molecular weight excluding hydrogens is 240 g/mol. The number of carboxylic acid groups (broad SMARTS) is 1. The average Bonchev–Trinajstić information content (AvgIpc) is 2.30. The molecule has 0 aliphatic carbocycles. The van der Waals surface area contributed by atoms with Crippen LogP contribution in [0.2, 0.25) is 0 Å². The van der Waals surface area contributed by atoms with Crippen LogP contribution in [0.5, 0.6) is 0 Å². The molecule has 0 aromatic heterocycles. The zero-order chi connectivity index (χ0) is 11.4. The minimum Gasteiger partial charge on any atom is -0.530 e. The van der Waals surface area contributed by atoms with Gasteiger partial charge in [-0.2, -0.15) is 0 Å². The van der Waals surface area contributed by atoms with Crippen molar-refractivity contribution in [2.45, 2.75) is 18.4 Å². The molecule has 1 aliphatic heterocycles. The Bertz CT molecular complexity index is 364. The maximum absolute atomic E-state index is 10.8. The third-order valence-electron chi connectivity index (χ3n) is 3.12. The number of hydrogen-bond donors (Lipinski definition) is 2.